The van der Waals surface area contributed by atoms with Crippen LogP contribution in [0.4, 0.5) is 10.2 Å². The first-order valence-corrected chi connectivity index (χ1v) is 9.24. The van der Waals surface area contributed by atoms with Crippen LogP contribution in [0.3, 0.4) is 0 Å². The summed E-state index contributed by atoms with van der Waals surface area (Å²) in [5.41, 5.74) is 6.72. The number of nitrogens with zero attached hydrogens (tertiary/aromatic N) is 1. The molecule has 1 aromatic carbocycles. The normalized spacial score (nSPS) is 11.4. The van der Waals surface area contributed by atoms with Gasteiger partial charge in [0.2, 0.25) is 0 Å². The molecule has 1 aromatic heterocycles. The number of benzene rings is 1. The predicted molar refractivity (Wildman–Crippen MR) is 106 cm³/mol. The summed E-state index contributed by atoms with van der Waals surface area (Å²) in [6.07, 6.45) is 1.49. The molecule has 1 unspecified atom stereocenters. The van der Waals surface area contributed by atoms with Gasteiger partial charge in [-0.2, -0.15) is 0 Å². The first-order chi connectivity index (χ1) is 12.8. The van der Waals surface area contributed by atoms with Crippen LogP contribution in [-0.2, 0) is 4.79 Å². The Bertz CT molecular complexity index is 910. The van der Waals surface area contributed by atoms with Crippen molar-refractivity contribution in [3.8, 4) is 17.6 Å². The maximum atomic E-state index is 13.7. The van der Waals surface area contributed by atoms with Crippen molar-refractivity contribution in [2.24, 2.45) is 0 Å². The van der Waals surface area contributed by atoms with Gasteiger partial charge in [-0.3, -0.25) is 4.79 Å². The van der Waals surface area contributed by atoms with Crippen molar-refractivity contribution in [3.05, 3.63) is 51.4 Å². The number of carbonyl (C=O) groups is 1. The van der Waals surface area contributed by atoms with Crippen LogP contribution in [-0.4, -0.2) is 16.6 Å². The minimum absolute atomic E-state index is 0.0216. The third-order valence-corrected chi connectivity index (χ3v) is 4.59. The number of ether oxygens (including phenoxy) is 1. The van der Waals surface area contributed by atoms with Gasteiger partial charge in [-0.25, -0.2) is 9.37 Å². The van der Waals surface area contributed by atoms with Crippen LogP contribution in [0.1, 0.15) is 37.0 Å². The van der Waals surface area contributed by atoms with Gasteiger partial charge in [0, 0.05) is 41.3 Å². The monoisotopic (exact) mass is 428 g/mol. The number of nitrogen functional groups attached to an aromatic ring is 1. The van der Waals surface area contributed by atoms with Gasteiger partial charge in [-0.15, -0.1) is 11.6 Å². The molecule has 27 heavy (non-hydrogen) atoms. The van der Waals surface area contributed by atoms with Crippen LogP contribution in [0.2, 0.25) is 10.0 Å². The molecular weight excluding hydrogens is 414 g/mol. The Hall–Kier alpha value is -2.00. The second kappa shape index (κ2) is 9.80. The van der Waals surface area contributed by atoms with Gasteiger partial charge < -0.3 is 10.5 Å². The van der Waals surface area contributed by atoms with Gasteiger partial charge in [0.1, 0.15) is 17.7 Å². The lowest BCUT2D eigenvalue weighted by molar-refractivity contribution is -0.116. The number of Topliss-reactive ketones (excluding diaryl/α,β-unsaturated/α-hetero) is 1. The molecule has 0 aliphatic rings. The second-order valence-corrected chi connectivity index (χ2v) is 6.65. The van der Waals surface area contributed by atoms with Crippen molar-refractivity contribution in [1.82, 2.24) is 4.98 Å². The second-order valence-electron chi connectivity index (χ2n) is 5.60. The zero-order chi connectivity index (χ0) is 20.0. The molecule has 2 aromatic rings. The number of halogens is 4. The van der Waals surface area contributed by atoms with Crippen LogP contribution in [0.15, 0.2) is 24.4 Å². The van der Waals surface area contributed by atoms with Crippen molar-refractivity contribution in [2.75, 3.05) is 11.6 Å². The van der Waals surface area contributed by atoms with Crippen molar-refractivity contribution in [1.29, 1.82) is 0 Å². The van der Waals surface area contributed by atoms with Crippen molar-refractivity contribution < 1.29 is 13.9 Å². The molecule has 0 radical (unpaired) electrons. The molecule has 2 N–H and O–H groups in total. The Balaban J connectivity index is 2.19. The van der Waals surface area contributed by atoms with E-state index in [-0.39, 0.29) is 39.7 Å². The van der Waals surface area contributed by atoms with Crippen molar-refractivity contribution in [3.63, 3.8) is 0 Å². The van der Waals surface area contributed by atoms with Crippen molar-refractivity contribution >= 4 is 46.4 Å². The molecule has 142 valence electrons. The Morgan fingerprint density at radius 1 is 1.41 bits per heavy atom. The molecule has 0 fully saturated rings. The number of carbonyl (C=O) groups excluding carboxylic acids is 1. The lowest BCUT2D eigenvalue weighted by Crippen LogP contribution is -2.08. The summed E-state index contributed by atoms with van der Waals surface area (Å²) in [5, 5.41) is 0.168. The number of aromatic nitrogens is 1. The van der Waals surface area contributed by atoms with E-state index >= 15 is 0 Å². The Labute approximate surface area is 171 Å². The van der Waals surface area contributed by atoms with Crippen LogP contribution in [0.25, 0.3) is 0 Å². The SMILES string of the molecule is CC(Oc1cc(C#CCCC(=O)CCl)cnc1N)c1c(Cl)ccc(F)c1Cl. The molecule has 8 heteroatoms. The van der Waals surface area contributed by atoms with Gasteiger partial charge in [0.05, 0.1) is 10.9 Å². The Morgan fingerprint density at radius 2 is 2.15 bits per heavy atom. The van der Waals surface area contributed by atoms with Crippen LogP contribution in [0, 0.1) is 17.7 Å². The van der Waals surface area contributed by atoms with E-state index in [1.807, 2.05) is 0 Å². The third-order valence-electron chi connectivity index (χ3n) is 3.58. The molecule has 2 rings (SSSR count). The number of hydrogen-bond donors (Lipinski definition) is 1. The standard InChI is InChI=1S/C19H16Cl3FN2O2/c1-11(17-14(21)6-7-15(23)18(17)22)27-16-8-12(10-25-19(16)24)4-2-3-5-13(26)9-20/h6-8,10-11H,3,5,9H2,1H3,(H2,24,25). The fourth-order valence-corrected chi connectivity index (χ4v) is 3.03. The summed E-state index contributed by atoms with van der Waals surface area (Å²) in [7, 11) is 0. The first kappa shape index (κ1) is 21.3. The van der Waals surface area contributed by atoms with E-state index in [1.165, 1.54) is 18.3 Å². The van der Waals surface area contributed by atoms with Gasteiger partial charge in [-0.1, -0.05) is 35.0 Å². The lowest BCUT2D eigenvalue weighted by atomic mass is 10.1. The molecule has 0 saturated carbocycles. The fraction of sp³-hybridized carbons (Fsp3) is 0.263. The molecule has 1 atom stereocenters. The van der Waals surface area contributed by atoms with Gasteiger partial charge in [0.25, 0.3) is 0 Å². The summed E-state index contributed by atoms with van der Waals surface area (Å²) in [6, 6.07) is 4.20. The molecule has 0 aliphatic carbocycles. The summed E-state index contributed by atoms with van der Waals surface area (Å²) in [5.74, 6) is 5.48. The van der Waals surface area contributed by atoms with E-state index in [4.69, 9.17) is 45.3 Å². The summed E-state index contributed by atoms with van der Waals surface area (Å²) in [4.78, 5) is 15.2. The highest BCUT2D eigenvalue weighted by Gasteiger charge is 2.19. The highest BCUT2D eigenvalue weighted by atomic mass is 35.5. The van der Waals surface area contributed by atoms with E-state index in [0.717, 1.165) is 0 Å². The number of alkyl halides is 1. The maximum absolute atomic E-state index is 13.7. The topological polar surface area (TPSA) is 65.2 Å². The molecule has 0 saturated heterocycles. The van der Waals surface area contributed by atoms with Gasteiger partial charge in [-0.05, 0) is 19.1 Å². The average molecular weight is 430 g/mol. The Morgan fingerprint density at radius 3 is 2.85 bits per heavy atom. The molecular formula is C19H16Cl3FN2O2. The lowest BCUT2D eigenvalue weighted by Gasteiger charge is -2.18. The minimum atomic E-state index is -0.672. The fourth-order valence-electron chi connectivity index (χ4n) is 2.22. The minimum Gasteiger partial charge on any atom is -0.482 e. The highest BCUT2D eigenvalue weighted by Crippen LogP contribution is 2.35. The summed E-state index contributed by atoms with van der Waals surface area (Å²) in [6.45, 7) is 1.67. The number of pyridine rings is 1. The zero-order valence-electron chi connectivity index (χ0n) is 14.4. The van der Waals surface area contributed by atoms with E-state index < -0.39 is 11.9 Å². The first-order valence-electron chi connectivity index (χ1n) is 7.95. The Kier molecular flexibility index (Phi) is 7.73. The number of ketones is 1. The zero-order valence-corrected chi connectivity index (χ0v) is 16.6. The van der Waals surface area contributed by atoms with E-state index in [2.05, 4.69) is 16.8 Å². The number of rotatable bonds is 6. The third kappa shape index (κ3) is 5.74. The van der Waals surface area contributed by atoms with Crippen molar-refractivity contribution in [2.45, 2.75) is 25.9 Å². The van der Waals surface area contributed by atoms with Crippen LogP contribution in [0.5, 0.6) is 5.75 Å². The van der Waals surface area contributed by atoms with Crippen LogP contribution >= 0.6 is 34.8 Å². The quantitative estimate of drug-likeness (QED) is 0.390. The highest BCUT2D eigenvalue weighted by molar-refractivity contribution is 6.36. The predicted octanol–water partition coefficient (Wildman–Crippen LogP) is 5.19. The molecule has 0 amide bonds. The largest absolute Gasteiger partial charge is 0.482 e. The summed E-state index contributed by atoms with van der Waals surface area (Å²) >= 11 is 17.6. The number of anilines is 1. The molecule has 0 bridgehead atoms. The molecule has 0 aliphatic heterocycles. The van der Waals surface area contributed by atoms with E-state index in [9.17, 15) is 9.18 Å². The smallest absolute Gasteiger partial charge is 0.166 e. The molecule has 1 heterocycles. The van der Waals surface area contributed by atoms with E-state index in [0.29, 0.717) is 17.5 Å². The number of nitrogens with two attached hydrogens (primary N) is 1. The molecule has 4 nitrogen and oxygen atoms in total. The van der Waals surface area contributed by atoms with Gasteiger partial charge in [0.15, 0.2) is 11.6 Å². The van der Waals surface area contributed by atoms with E-state index in [1.54, 1.807) is 13.0 Å². The summed E-state index contributed by atoms with van der Waals surface area (Å²) < 4.78 is 19.5. The number of hydrogen-bond acceptors (Lipinski definition) is 4. The average Bonchev–Trinajstić information content (AvgIpc) is 2.64. The maximum Gasteiger partial charge on any atom is 0.166 e. The van der Waals surface area contributed by atoms with Gasteiger partial charge >= 0.3 is 0 Å². The molecule has 0 spiro atoms. The van der Waals surface area contributed by atoms with Crippen LogP contribution < -0.4 is 10.5 Å².